The van der Waals surface area contributed by atoms with Gasteiger partial charge >= 0.3 is 11.8 Å². The smallest absolute Gasteiger partial charge is 0.408 e. The molecule has 19 heteroatoms. The maximum atomic E-state index is 14.7. The molecule has 0 aliphatic carbocycles. The number of piperidine rings is 1. The molecule has 19 nitrogen and oxygen atoms in total. The number of amides is 8. The van der Waals surface area contributed by atoms with E-state index in [0.29, 0.717) is 30.3 Å². The first-order chi connectivity index (χ1) is 34.9. The molecular weight excluding hydrogens is 935 g/mol. The number of hydrogen-bond donors (Lipinski definition) is 5. The van der Waals surface area contributed by atoms with E-state index in [1.165, 1.54) is 14.0 Å². The van der Waals surface area contributed by atoms with Gasteiger partial charge in [0.05, 0.1) is 23.6 Å². The Balaban J connectivity index is 0.954. The Morgan fingerprint density at radius 3 is 2.12 bits per heavy atom. The Morgan fingerprint density at radius 1 is 0.795 bits per heavy atom. The number of alkyl carbamates (subject to hydrolysis) is 1. The first kappa shape index (κ1) is 53.5. The van der Waals surface area contributed by atoms with Crippen molar-refractivity contribution in [1.82, 2.24) is 40.2 Å². The van der Waals surface area contributed by atoms with E-state index in [0.717, 1.165) is 48.8 Å². The Bertz CT molecular complexity index is 2690. The molecule has 4 aromatic rings. The van der Waals surface area contributed by atoms with Crippen molar-refractivity contribution in [3.8, 4) is 0 Å². The van der Waals surface area contributed by atoms with Crippen molar-refractivity contribution < 1.29 is 43.1 Å². The van der Waals surface area contributed by atoms with Crippen LogP contribution in [0.2, 0.25) is 0 Å². The van der Waals surface area contributed by atoms with E-state index in [2.05, 4.69) is 21.3 Å². The molecule has 6 N–H and O–H groups in total. The summed E-state index contributed by atoms with van der Waals surface area (Å²) >= 11 is 0. The molecule has 3 aliphatic rings. The van der Waals surface area contributed by atoms with Crippen LogP contribution in [0.5, 0.6) is 0 Å². The molecular formula is C54H69N9O10. The number of imide groups is 1. The average Bonchev–Trinajstić information content (AvgIpc) is 3.88. The van der Waals surface area contributed by atoms with Gasteiger partial charge in [0, 0.05) is 38.9 Å². The molecule has 3 fully saturated rings. The lowest BCUT2D eigenvalue weighted by Crippen LogP contribution is -2.62. The monoisotopic (exact) mass is 1000 g/mol. The fraction of sp³-hybridized carbons (Fsp3) is 0.500. The highest BCUT2D eigenvalue weighted by molar-refractivity contribution is 6.00. The maximum absolute atomic E-state index is 14.7. The second-order valence-corrected chi connectivity index (χ2v) is 20.4. The summed E-state index contributed by atoms with van der Waals surface area (Å²) < 4.78 is 8.54. The number of rotatable bonds is 19. The van der Waals surface area contributed by atoms with Crippen LogP contribution >= 0.6 is 0 Å². The number of hydrogen-bond acceptors (Lipinski definition) is 10. The molecule has 3 aliphatic heterocycles. The number of fused-ring (bicyclic) bond motifs is 2. The van der Waals surface area contributed by atoms with Gasteiger partial charge in [0.25, 0.3) is 0 Å². The first-order valence-corrected chi connectivity index (χ1v) is 25.5. The van der Waals surface area contributed by atoms with Gasteiger partial charge in [-0.3, -0.25) is 48.0 Å². The van der Waals surface area contributed by atoms with E-state index in [1.54, 1.807) is 32.7 Å². The second kappa shape index (κ2) is 23.9. The third-order valence-electron chi connectivity index (χ3n) is 13.9. The SMILES string of the molecule is Cn1c(=O)n(C2CCC(=O)NC2=O)c2ccc(CCCCCCCC(=O)N3CCC4CC[C@@H](C(=O)N[C@@H](CCC(N)=O)C(=O)NC(c5ccccc5)c5ccccc5)N4C(=O)[C@@H](NC(=O)OC(C)(C)C)C3)cc21. The Kier molecular flexibility index (Phi) is 17.5. The highest BCUT2D eigenvalue weighted by Gasteiger charge is 2.46. The number of unbranched alkanes of at least 4 members (excludes halogenated alkanes) is 4. The lowest BCUT2D eigenvalue weighted by Gasteiger charge is -2.39. The Morgan fingerprint density at radius 2 is 1.47 bits per heavy atom. The van der Waals surface area contributed by atoms with Crippen molar-refractivity contribution in [2.24, 2.45) is 12.8 Å². The summed E-state index contributed by atoms with van der Waals surface area (Å²) in [5, 5.41) is 10.9. The number of aryl methyl sites for hydroxylation is 2. The van der Waals surface area contributed by atoms with Crippen LogP contribution in [-0.2, 0) is 51.8 Å². The number of carbonyl (C=O) groups is 8. The van der Waals surface area contributed by atoms with Crippen LogP contribution in [-0.4, -0.2) is 109 Å². The minimum absolute atomic E-state index is 0.0829. The number of benzene rings is 3. The molecule has 390 valence electrons. The number of nitrogens with zero attached hydrogens (tertiary/aromatic N) is 4. The summed E-state index contributed by atoms with van der Waals surface area (Å²) in [7, 11) is 1.67. The predicted octanol–water partition coefficient (Wildman–Crippen LogP) is 4.34. The largest absolute Gasteiger partial charge is 0.444 e. The van der Waals surface area contributed by atoms with Gasteiger partial charge in [-0.25, -0.2) is 9.59 Å². The highest BCUT2D eigenvalue weighted by Crippen LogP contribution is 2.31. The number of ether oxygens (including phenoxy) is 1. The Hall–Kier alpha value is -7.31. The lowest BCUT2D eigenvalue weighted by atomic mass is 9.98. The molecule has 3 saturated heterocycles. The molecule has 0 bridgehead atoms. The van der Waals surface area contributed by atoms with E-state index in [1.807, 2.05) is 78.9 Å². The van der Waals surface area contributed by atoms with Gasteiger partial charge < -0.3 is 36.2 Å². The van der Waals surface area contributed by atoms with Crippen molar-refractivity contribution in [1.29, 1.82) is 0 Å². The number of nitrogens with two attached hydrogens (primary N) is 1. The van der Waals surface area contributed by atoms with Crippen molar-refractivity contribution in [2.75, 3.05) is 13.1 Å². The van der Waals surface area contributed by atoms with E-state index < -0.39 is 77.5 Å². The zero-order valence-corrected chi connectivity index (χ0v) is 42.2. The van der Waals surface area contributed by atoms with Crippen LogP contribution in [0.4, 0.5) is 4.79 Å². The maximum Gasteiger partial charge on any atom is 0.408 e. The normalized spacial score (nSPS) is 19.7. The fourth-order valence-corrected chi connectivity index (χ4v) is 10.2. The molecule has 1 aromatic heterocycles. The van der Waals surface area contributed by atoms with Gasteiger partial charge in [-0.15, -0.1) is 0 Å². The zero-order chi connectivity index (χ0) is 52.4. The van der Waals surface area contributed by atoms with Gasteiger partial charge in [-0.2, -0.15) is 0 Å². The summed E-state index contributed by atoms with van der Waals surface area (Å²) in [6.45, 7) is 5.24. The molecule has 2 unspecified atom stereocenters. The molecule has 5 atom stereocenters. The van der Waals surface area contributed by atoms with Gasteiger partial charge in [-0.1, -0.05) is 86.0 Å². The zero-order valence-electron chi connectivity index (χ0n) is 42.2. The van der Waals surface area contributed by atoms with E-state index in [9.17, 15) is 43.2 Å². The quantitative estimate of drug-likeness (QED) is 0.0656. The minimum atomic E-state index is -1.24. The Labute approximate surface area is 424 Å². The summed E-state index contributed by atoms with van der Waals surface area (Å²) in [5.74, 6) is -3.29. The molecule has 0 spiro atoms. The predicted molar refractivity (Wildman–Crippen MR) is 271 cm³/mol. The van der Waals surface area contributed by atoms with Crippen LogP contribution in [0.1, 0.15) is 133 Å². The van der Waals surface area contributed by atoms with Crippen molar-refractivity contribution in [3.05, 3.63) is 106 Å². The number of primary amides is 1. The third kappa shape index (κ3) is 13.6. The molecule has 0 radical (unpaired) electrons. The molecule has 8 amide bonds. The molecule has 0 saturated carbocycles. The first-order valence-electron chi connectivity index (χ1n) is 25.5. The van der Waals surface area contributed by atoms with Gasteiger partial charge in [0.1, 0.15) is 29.8 Å². The van der Waals surface area contributed by atoms with Crippen molar-refractivity contribution in [3.63, 3.8) is 0 Å². The second-order valence-electron chi connectivity index (χ2n) is 20.4. The van der Waals surface area contributed by atoms with Crippen LogP contribution in [0.25, 0.3) is 11.0 Å². The number of nitrogens with one attached hydrogen (secondary N) is 4. The van der Waals surface area contributed by atoms with E-state index >= 15 is 0 Å². The average molecular weight is 1000 g/mol. The fourth-order valence-electron chi connectivity index (χ4n) is 10.2. The standard InChI is InChI=1S/C54H69N9O10/c1-54(2,3)73-52(71)57-39-33-61(46(66)21-15-7-5-6-10-16-34-22-25-40-43(32-34)60(4)53(72)63(40)42-27-29-45(65)58-50(42)69)31-30-37-23-26-41(62(37)51(39)70)49(68)56-38(24-28-44(55)64)48(67)59-47(35-17-11-8-12-18-35)36-19-13-9-14-20-36/h8-9,11-14,17-20,22,25,32,37-39,41-42,47H,5-7,10,15-16,21,23-24,26-31,33H2,1-4H3,(H2,55,64)(H,56,68)(H,57,71)(H,59,67)(H,58,65,69)/t37?,38-,39-,41-,42?/m0/s1. The summed E-state index contributed by atoms with van der Waals surface area (Å²) in [4.78, 5) is 123. The number of aromatic nitrogens is 2. The number of carbonyl (C=O) groups excluding carboxylic acids is 8. The van der Waals surface area contributed by atoms with Gasteiger partial charge in [-0.05, 0) is 101 Å². The molecule has 3 aromatic carbocycles. The van der Waals surface area contributed by atoms with Crippen molar-refractivity contribution in [2.45, 2.75) is 153 Å². The van der Waals surface area contributed by atoms with Crippen LogP contribution in [0.3, 0.4) is 0 Å². The van der Waals surface area contributed by atoms with E-state index in [4.69, 9.17) is 10.5 Å². The van der Waals surface area contributed by atoms with Gasteiger partial charge in [0.15, 0.2) is 0 Å². The highest BCUT2D eigenvalue weighted by atomic mass is 16.6. The number of imidazole rings is 1. The topological polar surface area (TPSA) is 253 Å². The van der Waals surface area contributed by atoms with Crippen LogP contribution < -0.4 is 32.7 Å². The molecule has 7 rings (SSSR count). The summed E-state index contributed by atoms with van der Waals surface area (Å²) in [6, 6.07) is 19.3. The summed E-state index contributed by atoms with van der Waals surface area (Å²) in [6.07, 6.45) is 5.53. The third-order valence-corrected chi connectivity index (χ3v) is 13.9. The van der Waals surface area contributed by atoms with Crippen LogP contribution in [0.15, 0.2) is 83.7 Å². The van der Waals surface area contributed by atoms with Crippen LogP contribution in [0, 0.1) is 0 Å². The minimum Gasteiger partial charge on any atom is -0.444 e. The summed E-state index contributed by atoms with van der Waals surface area (Å²) in [5.41, 5.74) is 8.34. The lowest BCUT2D eigenvalue weighted by molar-refractivity contribution is -0.146. The molecule has 73 heavy (non-hydrogen) atoms. The van der Waals surface area contributed by atoms with Crippen molar-refractivity contribution >= 4 is 58.5 Å². The molecule has 4 heterocycles. The van der Waals surface area contributed by atoms with E-state index in [-0.39, 0.29) is 69.1 Å². The van der Waals surface area contributed by atoms with Gasteiger partial charge in [0.2, 0.25) is 41.4 Å².